The highest BCUT2D eigenvalue weighted by Gasteiger charge is 2.34. The van der Waals surface area contributed by atoms with Crippen LogP contribution in [0.15, 0.2) is 40.9 Å². The summed E-state index contributed by atoms with van der Waals surface area (Å²) in [6.45, 7) is 0. The highest BCUT2D eigenvalue weighted by molar-refractivity contribution is 9.10. The number of nitrogens with zero attached hydrogens (tertiary/aromatic N) is 1. The minimum Gasteiger partial charge on any atom is -0.378 e. The number of nitrogens with one attached hydrogen (secondary N) is 1. The second-order valence-electron chi connectivity index (χ2n) is 5.20. The summed E-state index contributed by atoms with van der Waals surface area (Å²) >= 11 is 9.14. The molecule has 1 N–H and O–H groups in total. The SMILES string of the molecule is CN(C)c1ccc(NC(=O)c2cc(Br)ccc2Cl)c(C(F)(F)F)c1. The van der Waals surface area contributed by atoms with Crippen LogP contribution in [-0.2, 0) is 6.18 Å². The van der Waals surface area contributed by atoms with Crippen LogP contribution < -0.4 is 10.2 Å². The molecule has 24 heavy (non-hydrogen) atoms. The first-order valence-electron chi connectivity index (χ1n) is 6.74. The lowest BCUT2D eigenvalue weighted by molar-refractivity contribution is -0.136. The summed E-state index contributed by atoms with van der Waals surface area (Å²) in [7, 11) is 3.27. The summed E-state index contributed by atoms with van der Waals surface area (Å²) < 4.78 is 40.4. The van der Waals surface area contributed by atoms with Gasteiger partial charge in [0.2, 0.25) is 0 Å². The van der Waals surface area contributed by atoms with Gasteiger partial charge in [0.25, 0.3) is 5.91 Å². The van der Waals surface area contributed by atoms with E-state index in [1.165, 1.54) is 24.3 Å². The predicted molar refractivity (Wildman–Crippen MR) is 92.9 cm³/mol. The minimum absolute atomic E-state index is 0.0795. The fourth-order valence-electron chi connectivity index (χ4n) is 2.02. The largest absolute Gasteiger partial charge is 0.418 e. The van der Waals surface area contributed by atoms with Crippen LogP contribution in [0.25, 0.3) is 0 Å². The number of benzene rings is 2. The van der Waals surface area contributed by atoms with Crippen molar-refractivity contribution in [3.8, 4) is 0 Å². The van der Waals surface area contributed by atoms with Gasteiger partial charge in [0, 0.05) is 24.3 Å². The van der Waals surface area contributed by atoms with Crippen molar-refractivity contribution in [1.29, 1.82) is 0 Å². The van der Waals surface area contributed by atoms with Gasteiger partial charge in [-0.2, -0.15) is 13.2 Å². The van der Waals surface area contributed by atoms with Gasteiger partial charge in [-0.3, -0.25) is 4.79 Å². The topological polar surface area (TPSA) is 32.3 Å². The molecule has 0 fully saturated rings. The van der Waals surface area contributed by atoms with E-state index in [0.29, 0.717) is 10.2 Å². The molecular formula is C16H13BrClF3N2O. The molecule has 0 saturated carbocycles. The van der Waals surface area contributed by atoms with Crippen LogP contribution in [0.3, 0.4) is 0 Å². The Morgan fingerprint density at radius 3 is 2.42 bits per heavy atom. The number of amides is 1. The standard InChI is InChI=1S/C16H13BrClF3N2O/c1-23(2)10-4-6-14(12(8-10)16(19,20)21)22-15(24)11-7-9(17)3-5-13(11)18/h3-8H,1-2H3,(H,22,24). The lowest BCUT2D eigenvalue weighted by Crippen LogP contribution is -2.18. The van der Waals surface area contributed by atoms with Crippen molar-refractivity contribution in [2.45, 2.75) is 6.18 Å². The molecule has 0 aliphatic carbocycles. The number of carbonyl (C=O) groups is 1. The number of alkyl halides is 3. The molecule has 0 aliphatic heterocycles. The Bertz CT molecular complexity index is 778. The van der Waals surface area contributed by atoms with Crippen LogP contribution in [0.4, 0.5) is 24.5 Å². The molecule has 0 spiro atoms. The van der Waals surface area contributed by atoms with Gasteiger partial charge < -0.3 is 10.2 Å². The second-order valence-corrected chi connectivity index (χ2v) is 6.52. The van der Waals surface area contributed by atoms with Crippen molar-refractivity contribution in [2.24, 2.45) is 0 Å². The van der Waals surface area contributed by atoms with Crippen LogP contribution in [-0.4, -0.2) is 20.0 Å². The number of halogens is 5. The van der Waals surface area contributed by atoms with Gasteiger partial charge in [0.1, 0.15) is 0 Å². The van der Waals surface area contributed by atoms with E-state index >= 15 is 0 Å². The van der Waals surface area contributed by atoms with Crippen molar-refractivity contribution >= 4 is 44.8 Å². The number of carbonyl (C=O) groups excluding carboxylic acids is 1. The van der Waals surface area contributed by atoms with E-state index in [4.69, 9.17) is 11.6 Å². The molecule has 0 aliphatic rings. The molecule has 1 amide bonds. The van der Waals surface area contributed by atoms with Crippen LogP contribution in [0.2, 0.25) is 5.02 Å². The van der Waals surface area contributed by atoms with Crippen molar-refractivity contribution in [3.63, 3.8) is 0 Å². The van der Waals surface area contributed by atoms with Crippen LogP contribution in [0, 0.1) is 0 Å². The molecule has 2 aromatic carbocycles. The first kappa shape index (κ1) is 18.6. The molecule has 8 heteroatoms. The minimum atomic E-state index is -4.60. The molecule has 0 bridgehead atoms. The smallest absolute Gasteiger partial charge is 0.378 e. The highest BCUT2D eigenvalue weighted by Crippen LogP contribution is 2.37. The lowest BCUT2D eigenvalue weighted by Gasteiger charge is -2.19. The normalized spacial score (nSPS) is 11.3. The van der Waals surface area contributed by atoms with E-state index < -0.39 is 17.6 Å². The molecule has 128 valence electrons. The Morgan fingerprint density at radius 1 is 1.17 bits per heavy atom. The molecule has 2 aromatic rings. The van der Waals surface area contributed by atoms with Crippen LogP contribution >= 0.6 is 27.5 Å². The average molecular weight is 422 g/mol. The third-order valence-electron chi connectivity index (χ3n) is 3.25. The summed E-state index contributed by atoms with van der Waals surface area (Å²) in [4.78, 5) is 13.8. The van der Waals surface area contributed by atoms with Gasteiger partial charge in [-0.05, 0) is 36.4 Å². The number of hydrogen-bond donors (Lipinski definition) is 1. The fourth-order valence-corrected chi connectivity index (χ4v) is 2.58. The summed E-state index contributed by atoms with van der Waals surface area (Å²) in [5.74, 6) is -0.718. The van der Waals surface area contributed by atoms with E-state index in [-0.39, 0.29) is 16.3 Å². The fraction of sp³-hybridized carbons (Fsp3) is 0.188. The number of rotatable bonds is 3. The number of hydrogen-bond acceptors (Lipinski definition) is 2. The van der Waals surface area contributed by atoms with E-state index in [1.54, 1.807) is 25.1 Å². The monoisotopic (exact) mass is 420 g/mol. The third-order valence-corrected chi connectivity index (χ3v) is 4.07. The Morgan fingerprint density at radius 2 is 1.83 bits per heavy atom. The van der Waals surface area contributed by atoms with Gasteiger partial charge in [-0.25, -0.2) is 0 Å². The highest BCUT2D eigenvalue weighted by atomic mass is 79.9. The Balaban J connectivity index is 2.42. The maximum atomic E-state index is 13.3. The van der Waals surface area contributed by atoms with Gasteiger partial charge in [0.15, 0.2) is 0 Å². The quantitative estimate of drug-likeness (QED) is 0.716. The molecule has 0 aromatic heterocycles. The van der Waals surface area contributed by atoms with Crippen molar-refractivity contribution in [2.75, 3.05) is 24.3 Å². The average Bonchev–Trinajstić information content (AvgIpc) is 2.48. The van der Waals surface area contributed by atoms with E-state index in [2.05, 4.69) is 21.2 Å². The number of anilines is 2. The maximum Gasteiger partial charge on any atom is 0.418 e. The molecule has 3 nitrogen and oxygen atoms in total. The third kappa shape index (κ3) is 4.21. The zero-order valence-electron chi connectivity index (χ0n) is 12.7. The van der Waals surface area contributed by atoms with Crippen LogP contribution in [0.1, 0.15) is 15.9 Å². The zero-order valence-corrected chi connectivity index (χ0v) is 15.1. The molecule has 0 radical (unpaired) electrons. The van der Waals surface area contributed by atoms with Gasteiger partial charge in [-0.15, -0.1) is 0 Å². The Kier molecular flexibility index (Phi) is 5.45. The van der Waals surface area contributed by atoms with Gasteiger partial charge >= 0.3 is 6.18 Å². The second kappa shape index (κ2) is 7.03. The summed E-state index contributed by atoms with van der Waals surface area (Å²) in [5.41, 5.74) is -0.793. The summed E-state index contributed by atoms with van der Waals surface area (Å²) in [6, 6.07) is 8.26. The summed E-state index contributed by atoms with van der Waals surface area (Å²) in [6.07, 6.45) is -4.60. The van der Waals surface area contributed by atoms with Crippen LogP contribution in [0.5, 0.6) is 0 Å². The van der Waals surface area contributed by atoms with Crippen molar-refractivity contribution < 1.29 is 18.0 Å². The Labute approximate surface area is 150 Å². The molecule has 0 heterocycles. The van der Waals surface area contributed by atoms with Gasteiger partial charge in [0.05, 0.1) is 21.8 Å². The Hall–Kier alpha value is -1.73. The van der Waals surface area contributed by atoms with E-state index in [1.807, 2.05) is 0 Å². The molecule has 0 saturated heterocycles. The first-order chi connectivity index (χ1) is 11.1. The predicted octanol–water partition coefficient (Wildman–Crippen LogP) is 5.44. The molecule has 2 rings (SSSR count). The molecule has 0 unspecified atom stereocenters. The first-order valence-corrected chi connectivity index (χ1v) is 7.91. The van der Waals surface area contributed by atoms with Crippen molar-refractivity contribution in [1.82, 2.24) is 0 Å². The molecule has 0 atom stereocenters. The summed E-state index contributed by atoms with van der Waals surface area (Å²) in [5, 5.41) is 2.43. The van der Waals surface area contributed by atoms with Crippen molar-refractivity contribution in [3.05, 3.63) is 57.0 Å². The maximum absolute atomic E-state index is 13.3. The van der Waals surface area contributed by atoms with E-state index in [0.717, 1.165) is 6.07 Å². The lowest BCUT2D eigenvalue weighted by atomic mass is 10.1. The zero-order chi connectivity index (χ0) is 18.1. The van der Waals surface area contributed by atoms with E-state index in [9.17, 15) is 18.0 Å². The molecular weight excluding hydrogens is 409 g/mol. The van der Waals surface area contributed by atoms with Gasteiger partial charge in [-0.1, -0.05) is 27.5 Å².